The van der Waals surface area contributed by atoms with Gasteiger partial charge in [0.05, 0.1) is 13.2 Å². The normalized spacial score (nSPS) is 11.9. The van der Waals surface area contributed by atoms with Crippen LogP contribution >= 0.6 is 0 Å². The largest absolute Gasteiger partial charge is 0.497 e. The molecule has 0 fully saturated rings. The lowest BCUT2D eigenvalue weighted by atomic mass is 10.1. The minimum Gasteiger partial charge on any atom is -0.497 e. The summed E-state index contributed by atoms with van der Waals surface area (Å²) >= 11 is 0. The number of benzene rings is 1. The fraction of sp³-hybridized carbons (Fsp3) is 0.462. The number of ether oxygens (including phenoxy) is 1. The second kappa shape index (κ2) is 6.91. The molecule has 0 aliphatic heterocycles. The lowest BCUT2D eigenvalue weighted by Crippen LogP contribution is -2.26. The second-order valence-electron chi connectivity index (χ2n) is 3.96. The van der Waals surface area contributed by atoms with E-state index in [4.69, 9.17) is 10.5 Å². The molecular weight excluding hydrogens is 216 g/mol. The highest BCUT2D eigenvalue weighted by molar-refractivity contribution is 5.76. The van der Waals surface area contributed by atoms with E-state index in [0.717, 1.165) is 17.7 Å². The molecule has 0 heterocycles. The van der Waals surface area contributed by atoms with Crippen molar-refractivity contribution in [2.24, 2.45) is 5.73 Å². The molecule has 17 heavy (non-hydrogen) atoms. The molecule has 4 heteroatoms. The van der Waals surface area contributed by atoms with Crippen molar-refractivity contribution < 1.29 is 9.53 Å². The van der Waals surface area contributed by atoms with Gasteiger partial charge >= 0.3 is 0 Å². The van der Waals surface area contributed by atoms with Gasteiger partial charge in [-0.25, -0.2) is 0 Å². The van der Waals surface area contributed by atoms with E-state index in [1.54, 1.807) is 7.11 Å². The van der Waals surface area contributed by atoms with Crippen LogP contribution in [0.4, 0.5) is 0 Å². The van der Waals surface area contributed by atoms with Crippen molar-refractivity contribution in [3.63, 3.8) is 0 Å². The van der Waals surface area contributed by atoms with Crippen LogP contribution in [0.25, 0.3) is 0 Å². The molecule has 0 radical (unpaired) electrons. The van der Waals surface area contributed by atoms with Crippen LogP contribution in [0.5, 0.6) is 5.75 Å². The van der Waals surface area contributed by atoms with Crippen LogP contribution in [0.1, 0.15) is 31.4 Å². The Labute approximate surface area is 102 Å². The minimum atomic E-state index is -0.0182. The van der Waals surface area contributed by atoms with Crippen LogP contribution in [0, 0.1) is 0 Å². The molecule has 4 nitrogen and oxygen atoms in total. The van der Waals surface area contributed by atoms with Crippen LogP contribution in [0.2, 0.25) is 0 Å². The Bertz CT molecular complexity index is 366. The summed E-state index contributed by atoms with van der Waals surface area (Å²) in [4.78, 5) is 11.5. The van der Waals surface area contributed by atoms with Crippen LogP contribution in [-0.2, 0) is 4.79 Å². The summed E-state index contributed by atoms with van der Waals surface area (Å²) < 4.78 is 5.15. The lowest BCUT2D eigenvalue weighted by Gasteiger charge is -2.15. The highest BCUT2D eigenvalue weighted by Crippen LogP contribution is 2.18. The third-order valence-corrected chi connectivity index (χ3v) is 2.58. The number of rotatable bonds is 6. The van der Waals surface area contributed by atoms with Gasteiger partial charge in [0.2, 0.25) is 5.91 Å². The third kappa shape index (κ3) is 4.44. The predicted molar refractivity (Wildman–Crippen MR) is 67.8 cm³/mol. The van der Waals surface area contributed by atoms with E-state index < -0.39 is 0 Å². The summed E-state index contributed by atoms with van der Waals surface area (Å²) in [5.41, 5.74) is 6.39. The van der Waals surface area contributed by atoms with E-state index >= 15 is 0 Å². The fourth-order valence-electron chi connectivity index (χ4n) is 1.57. The first kappa shape index (κ1) is 13.5. The summed E-state index contributed by atoms with van der Waals surface area (Å²) in [6.07, 6.45) is 1.20. The first-order valence-electron chi connectivity index (χ1n) is 5.80. The molecule has 3 N–H and O–H groups in total. The molecule has 0 unspecified atom stereocenters. The zero-order chi connectivity index (χ0) is 12.7. The Hall–Kier alpha value is -1.55. The molecule has 94 valence electrons. The quantitative estimate of drug-likeness (QED) is 0.788. The van der Waals surface area contributed by atoms with Crippen LogP contribution in [0.3, 0.4) is 0 Å². The lowest BCUT2D eigenvalue weighted by molar-refractivity contribution is -0.121. The number of methoxy groups -OCH3 is 1. The van der Waals surface area contributed by atoms with Crippen molar-refractivity contribution >= 4 is 5.91 Å². The Balaban J connectivity index is 2.56. The zero-order valence-corrected chi connectivity index (χ0v) is 10.4. The van der Waals surface area contributed by atoms with Crippen molar-refractivity contribution in [1.29, 1.82) is 0 Å². The summed E-state index contributed by atoms with van der Waals surface area (Å²) in [5, 5.41) is 2.93. The monoisotopic (exact) mass is 236 g/mol. The molecule has 0 aromatic heterocycles. The van der Waals surface area contributed by atoms with Gasteiger partial charge in [-0.2, -0.15) is 0 Å². The molecule has 0 aliphatic rings. The number of nitrogens with one attached hydrogen (secondary N) is 1. The van der Waals surface area contributed by atoms with Crippen LogP contribution < -0.4 is 15.8 Å². The number of nitrogens with two attached hydrogens (primary N) is 1. The molecule has 1 aromatic carbocycles. The van der Waals surface area contributed by atoms with E-state index in [1.165, 1.54) is 0 Å². The van der Waals surface area contributed by atoms with E-state index in [-0.39, 0.29) is 11.9 Å². The summed E-state index contributed by atoms with van der Waals surface area (Å²) in [6.45, 7) is 2.50. The number of carbonyl (C=O) groups is 1. The molecule has 1 rings (SSSR count). The number of hydrogen-bond donors (Lipinski definition) is 2. The summed E-state index contributed by atoms with van der Waals surface area (Å²) in [7, 11) is 1.63. The van der Waals surface area contributed by atoms with Crippen molar-refractivity contribution in [2.75, 3.05) is 13.7 Å². The fourth-order valence-corrected chi connectivity index (χ4v) is 1.57. The average molecular weight is 236 g/mol. The Morgan fingerprint density at radius 2 is 2.29 bits per heavy atom. The van der Waals surface area contributed by atoms with E-state index in [9.17, 15) is 4.79 Å². The first-order valence-corrected chi connectivity index (χ1v) is 5.80. The van der Waals surface area contributed by atoms with E-state index in [1.807, 2.05) is 31.2 Å². The summed E-state index contributed by atoms with van der Waals surface area (Å²) in [6, 6.07) is 7.67. The molecule has 0 bridgehead atoms. The molecule has 1 aromatic rings. The molecule has 1 atom stereocenters. The van der Waals surface area contributed by atoms with Crippen molar-refractivity contribution in [3.05, 3.63) is 29.8 Å². The molecule has 0 spiro atoms. The van der Waals surface area contributed by atoms with Gasteiger partial charge in [-0.1, -0.05) is 12.1 Å². The topological polar surface area (TPSA) is 64.3 Å². The third-order valence-electron chi connectivity index (χ3n) is 2.58. The van der Waals surface area contributed by atoms with Crippen LogP contribution in [-0.4, -0.2) is 19.6 Å². The van der Waals surface area contributed by atoms with Crippen molar-refractivity contribution in [1.82, 2.24) is 5.32 Å². The Morgan fingerprint density at radius 1 is 1.53 bits per heavy atom. The van der Waals surface area contributed by atoms with Gasteiger partial charge in [-0.15, -0.1) is 0 Å². The van der Waals surface area contributed by atoms with E-state index in [0.29, 0.717) is 13.0 Å². The number of carbonyl (C=O) groups excluding carboxylic acids is 1. The Kier molecular flexibility index (Phi) is 5.49. The van der Waals surface area contributed by atoms with Gasteiger partial charge in [-0.3, -0.25) is 4.79 Å². The van der Waals surface area contributed by atoms with Gasteiger partial charge in [0, 0.05) is 6.42 Å². The average Bonchev–Trinajstić information content (AvgIpc) is 2.36. The molecule has 0 saturated heterocycles. The molecular formula is C13H20N2O2. The van der Waals surface area contributed by atoms with Gasteiger partial charge in [0.25, 0.3) is 0 Å². The smallest absolute Gasteiger partial charge is 0.220 e. The number of amides is 1. The second-order valence-corrected chi connectivity index (χ2v) is 3.96. The molecule has 0 aliphatic carbocycles. The molecule has 0 saturated carbocycles. The minimum absolute atomic E-state index is 0.0182. The standard InChI is InChI=1S/C13H20N2O2/c1-10(15-13(16)7-4-8-14)11-5-3-6-12(9-11)17-2/h3,5-6,9-10H,4,7-8,14H2,1-2H3,(H,15,16)/t10-/m0/s1. The van der Waals surface area contributed by atoms with E-state index in [2.05, 4.69) is 5.32 Å². The Morgan fingerprint density at radius 3 is 2.94 bits per heavy atom. The molecule has 1 amide bonds. The van der Waals surface area contributed by atoms with Gasteiger partial charge in [0.1, 0.15) is 5.75 Å². The van der Waals surface area contributed by atoms with Gasteiger partial charge in [-0.05, 0) is 37.6 Å². The highest BCUT2D eigenvalue weighted by Gasteiger charge is 2.09. The SMILES string of the molecule is COc1cccc([C@H](C)NC(=O)CCCN)c1. The maximum Gasteiger partial charge on any atom is 0.220 e. The van der Waals surface area contributed by atoms with Gasteiger partial charge in [0.15, 0.2) is 0 Å². The maximum atomic E-state index is 11.5. The highest BCUT2D eigenvalue weighted by atomic mass is 16.5. The van der Waals surface area contributed by atoms with Crippen LogP contribution in [0.15, 0.2) is 24.3 Å². The predicted octanol–water partition coefficient (Wildman–Crippen LogP) is 1.61. The van der Waals surface area contributed by atoms with Crippen molar-refractivity contribution in [3.8, 4) is 5.75 Å². The van der Waals surface area contributed by atoms with Gasteiger partial charge < -0.3 is 15.8 Å². The summed E-state index contributed by atoms with van der Waals surface area (Å²) in [5.74, 6) is 0.830. The first-order chi connectivity index (χ1) is 8.17. The number of hydrogen-bond acceptors (Lipinski definition) is 3. The maximum absolute atomic E-state index is 11.5. The zero-order valence-electron chi connectivity index (χ0n) is 10.4. The van der Waals surface area contributed by atoms with Crippen molar-refractivity contribution in [2.45, 2.75) is 25.8 Å².